The first-order chi connectivity index (χ1) is 6.76. The Morgan fingerprint density at radius 1 is 1.43 bits per heavy atom. The molecule has 0 saturated heterocycles. The van der Waals surface area contributed by atoms with Crippen molar-refractivity contribution in [1.29, 1.82) is 0 Å². The van der Waals surface area contributed by atoms with Crippen LogP contribution in [0.3, 0.4) is 0 Å². The lowest BCUT2D eigenvalue weighted by Gasteiger charge is -2.04. The zero-order valence-electron chi connectivity index (χ0n) is 8.37. The van der Waals surface area contributed by atoms with E-state index in [0.717, 1.165) is 17.9 Å². The van der Waals surface area contributed by atoms with Gasteiger partial charge in [-0.05, 0) is 6.07 Å². The maximum absolute atomic E-state index is 5.02. The Bertz CT molecular complexity index is 338. The van der Waals surface area contributed by atoms with Crippen molar-refractivity contribution in [3.8, 4) is 0 Å². The van der Waals surface area contributed by atoms with Gasteiger partial charge in [0.15, 0.2) is 0 Å². The normalized spacial score (nSPS) is 10.4. The standard InChI is InChI=1S/C9H14N2O2S/c1-12-4-3-8-10-7(6-13-2)5-9(14)11-8/h5H,3-4,6H2,1-2H3,(H,10,11,14). The van der Waals surface area contributed by atoms with Crippen LogP contribution in [0.2, 0.25) is 0 Å². The predicted molar refractivity (Wildman–Crippen MR) is 55.7 cm³/mol. The van der Waals surface area contributed by atoms with Crippen molar-refractivity contribution in [2.45, 2.75) is 13.0 Å². The smallest absolute Gasteiger partial charge is 0.130 e. The molecule has 4 nitrogen and oxygen atoms in total. The minimum Gasteiger partial charge on any atom is -0.384 e. The molecule has 1 rings (SSSR count). The molecule has 5 heteroatoms. The third-order valence-corrected chi connectivity index (χ3v) is 1.90. The molecule has 1 N–H and O–H groups in total. The van der Waals surface area contributed by atoms with E-state index in [1.165, 1.54) is 0 Å². The predicted octanol–water partition coefficient (Wildman–Crippen LogP) is 1.47. The summed E-state index contributed by atoms with van der Waals surface area (Å²) in [5.41, 5.74) is 0.943. The lowest BCUT2D eigenvalue weighted by molar-refractivity contribution is 0.180. The van der Waals surface area contributed by atoms with Crippen LogP contribution in [0.4, 0.5) is 0 Å². The third-order valence-electron chi connectivity index (χ3n) is 1.69. The first-order valence-electron chi connectivity index (χ1n) is 4.33. The topological polar surface area (TPSA) is 47.1 Å². The molecule has 0 fully saturated rings. The van der Waals surface area contributed by atoms with E-state index in [1.54, 1.807) is 20.3 Å². The summed E-state index contributed by atoms with van der Waals surface area (Å²) in [7, 11) is 3.31. The first-order valence-corrected chi connectivity index (χ1v) is 4.74. The number of ether oxygens (including phenoxy) is 2. The molecule has 1 aromatic rings. The zero-order valence-corrected chi connectivity index (χ0v) is 9.19. The maximum atomic E-state index is 5.02. The van der Waals surface area contributed by atoms with E-state index in [4.69, 9.17) is 21.7 Å². The van der Waals surface area contributed by atoms with E-state index in [0.29, 0.717) is 17.9 Å². The second kappa shape index (κ2) is 5.85. The lowest BCUT2D eigenvalue weighted by atomic mass is 10.3. The fourth-order valence-corrected chi connectivity index (χ4v) is 1.37. The van der Waals surface area contributed by atoms with Gasteiger partial charge in [0.05, 0.1) is 13.2 Å². The van der Waals surface area contributed by atoms with Crippen LogP contribution >= 0.6 is 12.2 Å². The van der Waals surface area contributed by atoms with Crippen LogP contribution in [0.15, 0.2) is 6.07 Å². The second-order valence-electron chi connectivity index (χ2n) is 2.87. The molecular weight excluding hydrogens is 200 g/mol. The lowest BCUT2D eigenvalue weighted by Crippen LogP contribution is -2.04. The van der Waals surface area contributed by atoms with E-state index in [2.05, 4.69) is 9.97 Å². The van der Waals surface area contributed by atoms with E-state index in [-0.39, 0.29) is 0 Å². The molecule has 0 bridgehead atoms. The SMILES string of the molecule is COCCc1nc(=S)cc(COC)[nH]1. The third kappa shape index (κ3) is 3.53. The van der Waals surface area contributed by atoms with Gasteiger partial charge in [-0.1, -0.05) is 12.2 Å². The Balaban J connectivity index is 2.78. The molecule has 0 atom stereocenters. The Labute approximate surface area is 88.3 Å². The highest BCUT2D eigenvalue weighted by atomic mass is 32.1. The van der Waals surface area contributed by atoms with Gasteiger partial charge in [-0.3, -0.25) is 0 Å². The summed E-state index contributed by atoms with van der Waals surface area (Å²) in [6.45, 7) is 1.15. The monoisotopic (exact) mass is 214 g/mol. The van der Waals surface area contributed by atoms with E-state index in [9.17, 15) is 0 Å². The van der Waals surface area contributed by atoms with Crippen molar-refractivity contribution in [2.75, 3.05) is 20.8 Å². The number of nitrogens with one attached hydrogen (secondary N) is 1. The molecule has 0 radical (unpaired) electrons. The van der Waals surface area contributed by atoms with Gasteiger partial charge in [0.2, 0.25) is 0 Å². The number of aromatic nitrogens is 2. The summed E-state index contributed by atoms with van der Waals surface area (Å²) in [6.07, 6.45) is 0.734. The van der Waals surface area contributed by atoms with Crippen LogP contribution in [0.5, 0.6) is 0 Å². The highest BCUT2D eigenvalue weighted by molar-refractivity contribution is 7.71. The number of hydrogen-bond acceptors (Lipinski definition) is 4. The molecule has 1 aromatic heterocycles. The molecule has 0 unspecified atom stereocenters. The summed E-state index contributed by atoms with van der Waals surface area (Å²) < 4.78 is 10.6. The van der Waals surface area contributed by atoms with E-state index < -0.39 is 0 Å². The molecule has 14 heavy (non-hydrogen) atoms. The molecule has 0 aliphatic rings. The zero-order chi connectivity index (χ0) is 10.4. The number of nitrogens with zero attached hydrogens (tertiary/aromatic N) is 1. The van der Waals surface area contributed by atoms with Gasteiger partial charge in [-0.15, -0.1) is 0 Å². The van der Waals surface area contributed by atoms with Gasteiger partial charge >= 0.3 is 0 Å². The quantitative estimate of drug-likeness (QED) is 0.754. The minimum absolute atomic E-state index is 0.520. The number of aromatic amines is 1. The first kappa shape index (κ1) is 11.3. The van der Waals surface area contributed by atoms with Gasteiger partial charge in [-0.25, -0.2) is 4.98 Å². The Hall–Kier alpha value is -0.780. The second-order valence-corrected chi connectivity index (χ2v) is 3.29. The molecule has 0 aromatic carbocycles. The number of hydrogen-bond donors (Lipinski definition) is 1. The van der Waals surface area contributed by atoms with Crippen LogP contribution in [0.25, 0.3) is 0 Å². The van der Waals surface area contributed by atoms with Crippen LogP contribution in [-0.4, -0.2) is 30.8 Å². The van der Waals surface area contributed by atoms with Crippen molar-refractivity contribution in [1.82, 2.24) is 9.97 Å². The van der Waals surface area contributed by atoms with E-state index >= 15 is 0 Å². The van der Waals surface area contributed by atoms with Crippen molar-refractivity contribution in [3.63, 3.8) is 0 Å². The molecule has 0 aliphatic carbocycles. The number of H-pyrrole nitrogens is 1. The minimum atomic E-state index is 0.520. The fourth-order valence-electron chi connectivity index (χ4n) is 1.11. The summed E-state index contributed by atoms with van der Waals surface area (Å²) in [5.74, 6) is 0.839. The van der Waals surface area contributed by atoms with Gasteiger partial charge in [0.1, 0.15) is 10.5 Å². The van der Waals surface area contributed by atoms with Crippen LogP contribution in [0, 0.1) is 4.64 Å². The van der Waals surface area contributed by atoms with Gasteiger partial charge < -0.3 is 14.5 Å². The molecule has 0 spiro atoms. The van der Waals surface area contributed by atoms with Gasteiger partial charge in [0, 0.05) is 26.3 Å². The van der Waals surface area contributed by atoms with Crippen molar-refractivity contribution < 1.29 is 9.47 Å². The largest absolute Gasteiger partial charge is 0.384 e. The maximum Gasteiger partial charge on any atom is 0.130 e. The molecular formula is C9H14N2O2S. The van der Waals surface area contributed by atoms with Crippen LogP contribution in [0.1, 0.15) is 11.5 Å². The highest BCUT2D eigenvalue weighted by Crippen LogP contribution is 2.00. The molecule has 78 valence electrons. The van der Waals surface area contributed by atoms with E-state index in [1.807, 2.05) is 0 Å². The summed E-state index contributed by atoms with van der Waals surface area (Å²) >= 11 is 5.02. The van der Waals surface area contributed by atoms with Crippen molar-refractivity contribution >= 4 is 12.2 Å². The van der Waals surface area contributed by atoms with Crippen LogP contribution < -0.4 is 0 Å². The highest BCUT2D eigenvalue weighted by Gasteiger charge is 1.98. The molecule has 0 saturated carbocycles. The fraction of sp³-hybridized carbons (Fsp3) is 0.556. The van der Waals surface area contributed by atoms with Crippen LogP contribution in [-0.2, 0) is 22.5 Å². The average molecular weight is 214 g/mol. The molecule has 0 aliphatic heterocycles. The summed E-state index contributed by atoms with van der Waals surface area (Å²) in [5, 5.41) is 0. The summed E-state index contributed by atoms with van der Waals surface area (Å²) in [6, 6.07) is 1.80. The number of methoxy groups -OCH3 is 2. The average Bonchev–Trinajstić information content (AvgIpc) is 2.14. The summed E-state index contributed by atoms with van der Waals surface area (Å²) in [4.78, 5) is 7.32. The van der Waals surface area contributed by atoms with Crippen molar-refractivity contribution in [2.24, 2.45) is 0 Å². The number of rotatable bonds is 5. The van der Waals surface area contributed by atoms with Gasteiger partial charge in [0.25, 0.3) is 0 Å². The Kier molecular flexibility index (Phi) is 4.72. The molecule has 0 amide bonds. The Morgan fingerprint density at radius 2 is 2.21 bits per heavy atom. The molecule has 1 heterocycles. The Morgan fingerprint density at radius 3 is 2.86 bits per heavy atom. The van der Waals surface area contributed by atoms with Crippen molar-refractivity contribution in [3.05, 3.63) is 22.2 Å². The van der Waals surface area contributed by atoms with Gasteiger partial charge in [-0.2, -0.15) is 0 Å².